The van der Waals surface area contributed by atoms with Crippen molar-refractivity contribution in [3.8, 4) is 5.75 Å². The molecule has 6 nitrogen and oxygen atoms in total. The Morgan fingerprint density at radius 1 is 0.967 bits per heavy atom. The molecule has 3 atom stereocenters. The number of carbonyl (C=O) groups is 2. The van der Waals surface area contributed by atoms with Gasteiger partial charge in [-0.15, -0.1) is 11.3 Å². The molecule has 2 saturated heterocycles. The number of carbonyl (C=O) groups excluding carboxylic acids is 2. The van der Waals surface area contributed by atoms with Crippen molar-refractivity contribution >= 4 is 46.1 Å². The van der Waals surface area contributed by atoms with Gasteiger partial charge in [-0.05, 0) is 60.0 Å². The second-order valence-electron chi connectivity index (χ2n) is 7.02. The van der Waals surface area contributed by atoms with E-state index in [0.717, 1.165) is 10.6 Å². The van der Waals surface area contributed by atoms with Gasteiger partial charge in [0.05, 0.1) is 18.5 Å². The summed E-state index contributed by atoms with van der Waals surface area (Å²) in [5.41, 5.74) is 1.25. The van der Waals surface area contributed by atoms with Gasteiger partial charge in [0.15, 0.2) is 6.10 Å². The van der Waals surface area contributed by atoms with Crippen LogP contribution < -0.4 is 14.7 Å². The van der Waals surface area contributed by atoms with Gasteiger partial charge in [-0.2, -0.15) is 0 Å². The maximum atomic E-state index is 13.4. The van der Waals surface area contributed by atoms with Crippen LogP contribution in [0.25, 0.3) is 0 Å². The molecule has 8 heteroatoms. The molecule has 152 valence electrons. The number of hydrogen-bond donors (Lipinski definition) is 0. The Balaban J connectivity index is 1.53. The highest BCUT2D eigenvalue weighted by Crippen LogP contribution is 2.48. The third-order valence-electron chi connectivity index (χ3n) is 5.36. The number of nitrogens with zero attached hydrogens (tertiary/aromatic N) is 2. The minimum atomic E-state index is -0.887. The Kier molecular flexibility index (Phi) is 4.73. The van der Waals surface area contributed by atoms with E-state index in [1.807, 2.05) is 29.6 Å². The Morgan fingerprint density at radius 2 is 1.67 bits per heavy atom. The van der Waals surface area contributed by atoms with Gasteiger partial charge in [-0.25, -0.2) is 9.96 Å². The summed E-state index contributed by atoms with van der Waals surface area (Å²) >= 11 is 7.55. The predicted octanol–water partition coefficient (Wildman–Crippen LogP) is 4.46. The molecule has 0 radical (unpaired) electrons. The zero-order valence-electron chi connectivity index (χ0n) is 15.9. The molecular formula is C22H17ClN2O4S. The van der Waals surface area contributed by atoms with Crippen LogP contribution in [0.15, 0.2) is 66.0 Å². The fourth-order valence-corrected chi connectivity index (χ4v) is 4.94. The van der Waals surface area contributed by atoms with E-state index in [4.69, 9.17) is 21.2 Å². The third-order valence-corrected chi connectivity index (χ3v) is 6.56. The molecule has 2 aromatic carbocycles. The molecule has 3 aromatic rings. The van der Waals surface area contributed by atoms with E-state index in [0.29, 0.717) is 16.5 Å². The Morgan fingerprint density at radius 3 is 2.30 bits per heavy atom. The van der Waals surface area contributed by atoms with Crippen molar-refractivity contribution in [1.82, 2.24) is 0 Å². The summed E-state index contributed by atoms with van der Waals surface area (Å²) in [6.45, 7) is 0. The van der Waals surface area contributed by atoms with E-state index < -0.39 is 18.1 Å². The monoisotopic (exact) mass is 440 g/mol. The lowest BCUT2D eigenvalue weighted by atomic mass is 9.95. The molecule has 30 heavy (non-hydrogen) atoms. The summed E-state index contributed by atoms with van der Waals surface area (Å²) in [5, 5.41) is 4.22. The minimum Gasteiger partial charge on any atom is -0.497 e. The van der Waals surface area contributed by atoms with Crippen LogP contribution in [0.1, 0.15) is 10.9 Å². The maximum Gasteiger partial charge on any atom is 0.266 e. The van der Waals surface area contributed by atoms with Crippen molar-refractivity contribution < 1.29 is 19.2 Å². The molecule has 0 bridgehead atoms. The summed E-state index contributed by atoms with van der Waals surface area (Å²) in [7, 11) is 1.57. The van der Waals surface area contributed by atoms with Crippen molar-refractivity contribution in [2.45, 2.75) is 12.1 Å². The molecule has 0 N–H and O–H groups in total. The molecule has 1 aromatic heterocycles. The number of anilines is 2. The molecule has 3 heterocycles. The number of imide groups is 1. The zero-order chi connectivity index (χ0) is 20.8. The molecular weight excluding hydrogens is 424 g/mol. The average molecular weight is 441 g/mol. The number of hydrogen-bond acceptors (Lipinski definition) is 6. The van der Waals surface area contributed by atoms with E-state index >= 15 is 0 Å². The van der Waals surface area contributed by atoms with Crippen LogP contribution in [-0.4, -0.2) is 25.0 Å². The lowest BCUT2D eigenvalue weighted by Crippen LogP contribution is -2.37. The normalized spacial score (nSPS) is 23.2. The molecule has 2 fully saturated rings. The Hall–Kier alpha value is -2.87. The number of methoxy groups -OCH3 is 1. The first-order valence-electron chi connectivity index (χ1n) is 9.35. The van der Waals surface area contributed by atoms with Gasteiger partial charge in [0.25, 0.3) is 5.91 Å². The number of rotatable bonds is 4. The topological polar surface area (TPSA) is 59.1 Å². The van der Waals surface area contributed by atoms with E-state index in [-0.39, 0.29) is 11.8 Å². The Bertz CT molecular complexity index is 1090. The summed E-state index contributed by atoms with van der Waals surface area (Å²) in [6.07, 6.45) is -0.887. The van der Waals surface area contributed by atoms with Crippen LogP contribution in [0.5, 0.6) is 5.75 Å². The minimum absolute atomic E-state index is 0.273. The van der Waals surface area contributed by atoms with Gasteiger partial charge in [-0.3, -0.25) is 14.4 Å². The molecule has 2 amide bonds. The van der Waals surface area contributed by atoms with E-state index in [9.17, 15) is 9.59 Å². The highest BCUT2D eigenvalue weighted by Gasteiger charge is 2.60. The van der Waals surface area contributed by atoms with Crippen LogP contribution in [0.3, 0.4) is 0 Å². The van der Waals surface area contributed by atoms with Gasteiger partial charge >= 0.3 is 0 Å². The van der Waals surface area contributed by atoms with E-state index in [1.54, 1.807) is 48.6 Å². The SMILES string of the molecule is COc1ccc(N2C(=O)[C@H]3[C@H](ON(c4ccc(Cl)cc4)[C@H]3c3cccs3)C2=O)cc1. The molecule has 0 unspecified atom stereocenters. The predicted molar refractivity (Wildman–Crippen MR) is 115 cm³/mol. The van der Waals surface area contributed by atoms with Crippen LogP contribution in [0.4, 0.5) is 11.4 Å². The number of benzene rings is 2. The third kappa shape index (κ3) is 2.98. The molecule has 2 aliphatic rings. The molecule has 0 spiro atoms. The van der Waals surface area contributed by atoms with Crippen molar-refractivity contribution in [2.24, 2.45) is 5.92 Å². The standard InChI is InChI=1S/C22H17ClN2O4S/c1-28-16-10-8-14(9-11-16)24-21(26)18-19(17-3-2-12-30-17)25(29-20(18)22(24)27)15-6-4-13(23)5-7-15/h2-12,18-20H,1H3/t18-,19+,20+/m1/s1. The fourth-order valence-electron chi connectivity index (χ4n) is 3.96. The first kappa shape index (κ1) is 19.1. The van der Waals surface area contributed by atoms with Gasteiger partial charge in [0, 0.05) is 9.90 Å². The average Bonchev–Trinajstić information content (AvgIpc) is 3.47. The van der Waals surface area contributed by atoms with Gasteiger partial charge < -0.3 is 4.74 Å². The first-order chi connectivity index (χ1) is 14.6. The molecule has 5 rings (SSSR count). The smallest absolute Gasteiger partial charge is 0.266 e. The summed E-state index contributed by atoms with van der Waals surface area (Å²) < 4.78 is 5.17. The largest absolute Gasteiger partial charge is 0.497 e. The van der Waals surface area contributed by atoms with Gasteiger partial charge in [0.1, 0.15) is 17.7 Å². The van der Waals surface area contributed by atoms with Crippen LogP contribution in [-0.2, 0) is 14.4 Å². The van der Waals surface area contributed by atoms with Crippen molar-refractivity contribution in [2.75, 3.05) is 17.1 Å². The van der Waals surface area contributed by atoms with E-state index in [1.165, 1.54) is 16.2 Å². The summed E-state index contributed by atoms with van der Waals surface area (Å²) in [4.78, 5) is 34.9. The molecule has 0 saturated carbocycles. The zero-order valence-corrected chi connectivity index (χ0v) is 17.5. The lowest BCUT2D eigenvalue weighted by molar-refractivity contribution is -0.126. The number of ether oxygens (including phenoxy) is 1. The van der Waals surface area contributed by atoms with Gasteiger partial charge in [0.2, 0.25) is 5.91 Å². The van der Waals surface area contributed by atoms with Crippen molar-refractivity contribution in [1.29, 1.82) is 0 Å². The molecule has 0 aliphatic carbocycles. The summed E-state index contributed by atoms with van der Waals surface area (Å²) in [5.74, 6) is -0.633. The fraction of sp³-hybridized carbons (Fsp3) is 0.182. The van der Waals surface area contributed by atoms with Crippen LogP contribution in [0, 0.1) is 5.92 Å². The number of amides is 2. The van der Waals surface area contributed by atoms with Crippen LogP contribution >= 0.6 is 22.9 Å². The maximum absolute atomic E-state index is 13.4. The second kappa shape index (κ2) is 7.43. The lowest BCUT2D eigenvalue weighted by Gasteiger charge is -2.27. The number of hydroxylamine groups is 1. The molecule has 2 aliphatic heterocycles. The van der Waals surface area contributed by atoms with Crippen molar-refractivity contribution in [3.63, 3.8) is 0 Å². The van der Waals surface area contributed by atoms with Crippen LogP contribution in [0.2, 0.25) is 5.02 Å². The highest BCUT2D eigenvalue weighted by molar-refractivity contribution is 7.10. The highest BCUT2D eigenvalue weighted by atomic mass is 35.5. The summed E-state index contributed by atoms with van der Waals surface area (Å²) in [6, 6.07) is 17.5. The quantitative estimate of drug-likeness (QED) is 0.560. The number of halogens is 1. The first-order valence-corrected chi connectivity index (χ1v) is 10.6. The number of thiophene rings is 1. The number of fused-ring (bicyclic) bond motifs is 1. The Labute approximate surface area is 182 Å². The van der Waals surface area contributed by atoms with Crippen molar-refractivity contribution in [3.05, 3.63) is 75.9 Å². The van der Waals surface area contributed by atoms with Gasteiger partial charge in [-0.1, -0.05) is 17.7 Å². The second-order valence-corrected chi connectivity index (χ2v) is 8.44. The van der Waals surface area contributed by atoms with E-state index in [2.05, 4.69) is 0 Å².